The van der Waals surface area contributed by atoms with Gasteiger partial charge in [-0.05, 0) is 73.8 Å². The van der Waals surface area contributed by atoms with Crippen LogP contribution in [0.5, 0.6) is 0 Å². The summed E-state index contributed by atoms with van der Waals surface area (Å²) in [6, 6.07) is 10.4. The molecule has 3 amide bonds. The average Bonchev–Trinajstić information content (AvgIpc) is 3.45. The Morgan fingerprint density at radius 1 is 1.11 bits per heavy atom. The monoisotopic (exact) mass is 517 g/mol. The number of aryl methyl sites for hydroxylation is 1. The van der Waals surface area contributed by atoms with E-state index in [0.29, 0.717) is 47.4 Å². The van der Waals surface area contributed by atoms with E-state index in [1.807, 2.05) is 19.1 Å². The molecule has 0 bridgehead atoms. The molecule has 1 saturated heterocycles. The minimum Gasteiger partial charge on any atom is -0.357 e. The SMILES string of the molecule is CNc1ncc2c(n1)N(C)C(=O)N(c1cc(NC(=O)c3ccc(CN4CCCC4)c(CF)c3)ccc1C)C2. The Kier molecular flexibility index (Phi) is 7.24. The molecule has 0 saturated carbocycles. The lowest BCUT2D eigenvalue weighted by Crippen LogP contribution is -2.46. The van der Waals surface area contributed by atoms with Crippen LogP contribution in [0.25, 0.3) is 0 Å². The van der Waals surface area contributed by atoms with Crippen LogP contribution in [0.15, 0.2) is 42.6 Å². The summed E-state index contributed by atoms with van der Waals surface area (Å²) in [7, 11) is 3.40. The third-order valence-corrected chi connectivity index (χ3v) is 7.19. The van der Waals surface area contributed by atoms with Crippen molar-refractivity contribution in [3.8, 4) is 0 Å². The molecular formula is C28H32FN7O2. The van der Waals surface area contributed by atoms with Crippen LogP contribution in [0, 0.1) is 6.92 Å². The number of anilines is 4. The molecule has 1 aromatic heterocycles. The number of aromatic nitrogens is 2. The van der Waals surface area contributed by atoms with Crippen molar-refractivity contribution >= 4 is 35.1 Å². The number of carbonyl (C=O) groups excluding carboxylic acids is 2. The van der Waals surface area contributed by atoms with Gasteiger partial charge in [-0.2, -0.15) is 4.98 Å². The van der Waals surface area contributed by atoms with Crippen molar-refractivity contribution in [3.63, 3.8) is 0 Å². The van der Waals surface area contributed by atoms with Gasteiger partial charge in [0.1, 0.15) is 12.5 Å². The van der Waals surface area contributed by atoms with Gasteiger partial charge in [0.25, 0.3) is 5.91 Å². The fourth-order valence-corrected chi connectivity index (χ4v) is 5.03. The number of hydrogen-bond donors (Lipinski definition) is 2. The molecule has 2 aromatic carbocycles. The number of urea groups is 1. The number of carbonyl (C=O) groups is 2. The largest absolute Gasteiger partial charge is 0.357 e. The highest BCUT2D eigenvalue weighted by Gasteiger charge is 2.31. The second kappa shape index (κ2) is 10.7. The molecule has 5 rings (SSSR count). The maximum absolute atomic E-state index is 13.8. The molecule has 0 aliphatic carbocycles. The number of halogens is 1. The summed E-state index contributed by atoms with van der Waals surface area (Å²) in [5.74, 6) is 0.671. The van der Waals surface area contributed by atoms with Gasteiger partial charge in [0.05, 0.1) is 12.2 Å². The predicted molar refractivity (Wildman–Crippen MR) is 146 cm³/mol. The molecule has 0 spiro atoms. The molecule has 1 fully saturated rings. The lowest BCUT2D eigenvalue weighted by molar-refractivity contribution is 0.102. The summed E-state index contributed by atoms with van der Waals surface area (Å²) < 4.78 is 13.8. The van der Waals surface area contributed by atoms with Crippen molar-refractivity contribution in [1.29, 1.82) is 0 Å². The Morgan fingerprint density at radius 2 is 1.89 bits per heavy atom. The Morgan fingerprint density at radius 3 is 2.63 bits per heavy atom. The number of fused-ring (bicyclic) bond motifs is 1. The summed E-state index contributed by atoms with van der Waals surface area (Å²) in [6.45, 7) is 4.34. The summed E-state index contributed by atoms with van der Waals surface area (Å²) in [4.78, 5) is 40.5. The predicted octanol–water partition coefficient (Wildman–Crippen LogP) is 4.72. The van der Waals surface area contributed by atoms with Gasteiger partial charge in [0.15, 0.2) is 0 Å². The van der Waals surface area contributed by atoms with Gasteiger partial charge in [-0.1, -0.05) is 12.1 Å². The topological polar surface area (TPSA) is 93.7 Å². The summed E-state index contributed by atoms with van der Waals surface area (Å²) >= 11 is 0. The Balaban J connectivity index is 1.35. The molecule has 10 heteroatoms. The van der Waals surface area contributed by atoms with Crippen LogP contribution in [0.3, 0.4) is 0 Å². The first-order valence-corrected chi connectivity index (χ1v) is 12.8. The summed E-state index contributed by atoms with van der Waals surface area (Å²) in [5.41, 5.74) is 4.76. The van der Waals surface area contributed by atoms with Crippen molar-refractivity contribution in [1.82, 2.24) is 14.9 Å². The first kappa shape index (κ1) is 25.6. The number of benzene rings is 2. The molecule has 2 aliphatic heterocycles. The molecule has 38 heavy (non-hydrogen) atoms. The van der Waals surface area contributed by atoms with Gasteiger partial charge in [-0.3, -0.25) is 19.5 Å². The number of likely N-dealkylation sites (tertiary alicyclic amines) is 1. The van der Waals surface area contributed by atoms with E-state index in [4.69, 9.17) is 0 Å². The molecule has 9 nitrogen and oxygen atoms in total. The Hall–Kier alpha value is -4.05. The van der Waals surface area contributed by atoms with Gasteiger partial charge < -0.3 is 10.6 Å². The van der Waals surface area contributed by atoms with E-state index in [1.54, 1.807) is 49.5 Å². The fourth-order valence-electron chi connectivity index (χ4n) is 5.03. The maximum atomic E-state index is 13.8. The van der Waals surface area contributed by atoms with Gasteiger partial charge in [-0.25, -0.2) is 14.2 Å². The van der Waals surface area contributed by atoms with Crippen molar-refractivity contribution in [2.45, 2.75) is 39.5 Å². The lowest BCUT2D eigenvalue weighted by Gasteiger charge is -2.35. The van der Waals surface area contributed by atoms with Crippen LogP contribution < -0.4 is 20.4 Å². The zero-order chi connectivity index (χ0) is 26.8. The van der Waals surface area contributed by atoms with E-state index < -0.39 is 6.67 Å². The van der Waals surface area contributed by atoms with Crippen LogP contribution in [0.4, 0.5) is 32.3 Å². The van der Waals surface area contributed by atoms with Gasteiger partial charge in [0, 0.05) is 43.7 Å². The quantitative estimate of drug-likeness (QED) is 0.471. The first-order chi connectivity index (χ1) is 18.4. The number of nitrogens with one attached hydrogen (secondary N) is 2. The van der Waals surface area contributed by atoms with Gasteiger partial charge in [0.2, 0.25) is 5.95 Å². The molecule has 198 valence electrons. The smallest absolute Gasteiger partial charge is 0.330 e. The van der Waals surface area contributed by atoms with E-state index in [9.17, 15) is 14.0 Å². The second-order valence-corrected chi connectivity index (χ2v) is 9.78. The highest BCUT2D eigenvalue weighted by atomic mass is 19.1. The highest BCUT2D eigenvalue weighted by molar-refractivity contribution is 6.07. The summed E-state index contributed by atoms with van der Waals surface area (Å²) in [5, 5.41) is 5.81. The molecule has 0 radical (unpaired) electrons. The molecule has 0 atom stereocenters. The molecule has 3 heterocycles. The third kappa shape index (κ3) is 5.04. The zero-order valence-electron chi connectivity index (χ0n) is 21.9. The van der Waals surface area contributed by atoms with Crippen LogP contribution >= 0.6 is 0 Å². The minimum absolute atomic E-state index is 0.231. The average molecular weight is 518 g/mol. The van der Waals surface area contributed by atoms with E-state index in [2.05, 4.69) is 25.5 Å². The van der Waals surface area contributed by atoms with Gasteiger partial charge in [-0.15, -0.1) is 0 Å². The second-order valence-electron chi connectivity index (χ2n) is 9.78. The summed E-state index contributed by atoms with van der Waals surface area (Å²) in [6.07, 6.45) is 4.04. The van der Waals surface area contributed by atoms with E-state index in [1.165, 1.54) is 17.7 Å². The molecule has 2 aliphatic rings. The number of nitrogens with zero attached hydrogens (tertiary/aromatic N) is 5. The fraction of sp³-hybridized carbons (Fsp3) is 0.357. The maximum Gasteiger partial charge on any atom is 0.330 e. The third-order valence-electron chi connectivity index (χ3n) is 7.19. The first-order valence-electron chi connectivity index (χ1n) is 12.8. The van der Waals surface area contributed by atoms with Crippen molar-refractivity contribution in [3.05, 3.63) is 70.4 Å². The standard InChI is InChI=1S/C28H32FN7O2/c1-18-6-9-23(13-24(18)36-17-22-15-31-27(30-2)33-25(22)34(3)28(36)38)32-26(37)19-7-8-20(21(12-19)14-29)16-35-10-4-5-11-35/h6-9,12-13,15H,4-5,10-11,14,16-17H2,1-3H3,(H,32,37)(H,30,31,33). The normalized spacial score (nSPS) is 15.5. The number of alkyl halides is 1. The van der Waals surface area contributed by atoms with E-state index in [-0.39, 0.29) is 11.9 Å². The molecule has 3 aromatic rings. The van der Waals surface area contributed by atoms with Crippen molar-refractivity contribution < 1.29 is 14.0 Å². The van der Waals surface area contributed by atoms with Crippen LogP contribution in [-0.2, 0) is 19.8 Å². The van der Waals surface area contributed by atoms with Crippen molar-refractivity contribution in [2.24, 2.45) is 0 Å². The van der Waals surface area contributed by atoms with E-state index in [0.717, 1.165) is 29.8 Å². The number of hydrogen-bond acceptors (Lipinski definition) is 6. The number of rotatable bonds is 7. The minimum atomic E-state index is -0.620. The van der Waals surface area contributed by atoms with E-state index >= 15 is 0 Å². The number of amides is 3. The van der Waals surface area contributed by atoms with Gasteiger partial charge >= 0.3 is 6.03 Å². The Bertz CT molecular complexity index is 1370. The highest BCUT2D eigenvalue weighted by Crippen LogP contribution is 2.33. The lowest BCUT2D eigenvalue weighted by atomic mass is 10.0. The molecule has 0 unspecified atom stereocenters. The van der Waals surface area contributed by atoms with Crippen LogP contribution in [0.1, 0.15) is 45.5 Å². The molecular weight excluding hydrogens is 485 g/mol. The Labute approximate surface area is 221 Å². The van der Waals surface area contributed by atoms with Crippen molar-refractivity contribution in [2.75, 3.05) is 47.6 Å². The zero-order valence-corrected chi connectivity index (χ0v) is 21.9. The van der Waals surface area contributed by atoms with Crippen LogP contribution in [-0.4, -0.2) is 54.0 Å². The van der Waals surface area contributed by atoms with Crippen LogP contribution in [0.2, 0.25) is 0 Å². The molecule has 2 N–H and O–H groups in total.